The zero-order valence-corrected chi connectivity index (χ0v) is 24.1. The summed E-state index contributed by atoms with van der Waals surface area (Å²) in [6.07, 6.45) is 10.9. The Morgan fingerprint density at radius 2 is 1.53 bits per heavy atom. The van der Waals surface area contributed by atoms with Crippen LogP contribution in [0.15, 0.2) is 48.5 Å². The predicted molar refractivity (Wildman–Crippen MR) is 155 cm³/mol. The van der Waals surface area contributed by atoms with Crippen molar-refractivity contribution in [2.45, 2.75) is 89.6 Å². The van der Waals surface area contributed by atoms with Crippen LogP contribution in [0, 0.1) is 5.82 Å². The van der Waals surface area contributed by atoms with Gasteiger partial charge >= 0.3 is 5.97 Å². The van der Waals surface area contributed by atoms with Crippen molar-refractivity contribution in [1.29, 1.82) is 0 Å². The van der Waals surface area contributed by atoms with Crippen molar-refractivity contribution in [3.63, 3.8) is 0 Å². The van der Waals surface area contributed by atoms with Gasteiger partial charge in [0, 0.05) is 43.8 Å². The Morgan fingerprint density at radius 1 is 0.895 bits per heavy atom. The monoisotopic (exact) mass is 565 g/mol. The molecule has 0 aliphatic carbocycles. The van der Waals surface area contributed by atoms with E-state index in [0.717, 1.165) is 38.0 Å². The largest absolute Gasteiger partial charge is 0.454 e. The summed E-state index contributed by atoms with van der Waals surface area (Å²) in [4.78, 5) is 27.5. The fraction of sp³-hybridized carbons (Fsp3) is 0.548. The number of benzene rings is 2. The third-order valence-corrected chi connectivity index (χ3v) is 7.63. The molecular weight excluding hydrogens is 524 g/mol. The minimum absolute atomic E-state index is 0. The number of hydrogen-bond donors (Lipinski definition) is 0. The molecule has 7 heteroatoms. The number of unbranched alkanes of at least 4 members (excludes halogenated alkanes) is 6. The van der Waals surface area contributed by atoms with Gasteiger partial charge in [0.15, 0.2) is 5.78 Å². The molecular formula is C31H42Cl2FNO3. The number of carbonyl (C=O) groups is 2. The van der Waals surface area contributed by atoms with Crippen LogP contribution in [-0.2, 0) is 15.1 Å². The zero-order valence-electron chi connectivity index (χ0n) is 22.6. The van der Waals surface area contributed by atoms with Gasteiger partial charge in [-0.15, -0.1) is 12.4 Å². The minimum atomic E-state index is -0.651. The number of hydrogen-bond acceptors (Lipinski definition) is 4. The molecule has 0 aromatic heterocycles. The van der Waals surface area contributed by atoms with Gasteiger partial charge in [0.25, 0.3) is 0 Å². The van der Waals surface area contributed by atoms with E-state index in [1.54, 1.807) is 18.2 Å². The second kappa shape index (κ2) is 16.9. The highest BCUT2D eigenvalue weighted by Gasteiger charge is 2.39. The molecule has 38 heavy (non-hydrogen) atoms. The first kappa shape index (κ1) is 32.3. The van der Waals surface area contributed by atoms with E-state index in [9.17, 15) is 14.0 Å². The van der Waals surface area contributed by atoms with Crippen molar-refractivity contribution in [3.05, 3.63) is 70.5 Å². The molecule has 1 heterocycles. The van der Waals surface area contributed by atoms with Gasteiger partial charge in [-0.2, -0.15) is 0 Å². The van der Waals surface area contributed by atoms with E-state index in [1.807, 2.05) is 24.3 Å². The summed E-state index contributed by atoms with van der Waals surface area (Å²) in [5, 5.41) is 0.658. The molecule has 0 spiro atoms. The van der Waals surface area contributed by atoms with Gasteiger partial charge in [-0.05, 0) is 49.2 Å². The van der Waals surface area contributed by atoms with Gasteiger partial charge in [-0.3, -0.25) is 9.59 Å². The van der Waals surface area contributed by atoms with E-state index < -0.39 is 11.4 Å². The third kappa shape index (κ3) is 9.98. The highest BCUT2D eigenvalue weighted by molar-refractivity contribution is 6.30. The SMILES string of the molecule is CCCCCCCCCC(=O)OC1(c2ccc(Cl)cc2)CCN(CCCC(=O)c2ccccc2F)CC1.Cl. The van der Waals surface area contributed by atoms with Crippen LogP contribution in [0.1, 0.15) is 99.9 Å². The van der Waals surface area contributed by atoms with Crippen LogP contribution in [0.3, 0.4) is 0 Å². The average molecular weight is 567 g/mol. The van der Waals surface area contributed by atoms with Gasteiger partial charge in [0.1, 0.15) is 11.4 Å². The Balaban J connectivity index is 0.00000507. The Bertz CT molecular complexity index is 991. The summed E-state index contributed by atoms with van der Waals surface area (Å²) < 4.78 is 20.1. The lowest BCUT2D eigenvalue weighted by molar-refractivity contribution is -0.167. The first-order valence-electron chi connectivity index (χ1n) is 13.9. The van der Waals surface area contributed by atoms with Gasteiger partial charge in [0.05, 0.1) is 5.56 Å². The van der Waals surface area contributed by atoms with E-state index in [0.29, 0.717) is 37.1 Å². The average Bonchev–Trinajstić information content (AvgIpc) is 2.90. The summed E-state index contributed by atoms with van der Waals surface area (Å²) in [6, 6.07) is 13.8. The molecule has 3 rings (SSSR count). The Morgan fingerprint density at radius 3 is 2.18 bits per heavy atom. The number of likely N-dealkylation sites (tertiary alicyclic amines) is 1. The second-order valence-corrected chi connectivity index (χ2v) is 10.6. The number of ether oxygens (including phenoxy) is 1. The van der Waals surface area contributed by atoms with Crippen LogP contribution in [-0.4, -0.2) is 36.3 Å². The highest BCUT2D eigenvalue weighted by Crippen LogP contribution is 2.38. The van der Waals surface area contributed by atoms with E-state index in [-0.39, 0.29) is 29.7 Å². The van der Waals surface area contributed by atoms with E-state index in [4.69, 9.17) is 16.3 Å². The molecule has 2 aromatic carbocycles. The molecule has 0 unspecified atom stereocenters. The van der Waals surface area contributed by atoms with Crippen LogP contribution >= 0.6 is 24.0 Å². The third-order valence-electron chi connectivity index (χ3n) is 7.38. The number of nitrogens with zero attached hydrogens (tertiary/aromatic N) is 1. The molecule has 1 aliphatic rings. The second-order valence-electron chi connectivity index (χ2n) is 10.2. The molecule has 2 aromatic rings. The molecule has 0 atom stereocenters. The van der Waals surface area contributed by atoms with Crippen molar-refractivity contribution in [2.75, 3.05) is 19.6 Å². The number of halogens is 3. The van der Waals surface area contributed by atoms with E-state index in [1.165, 1.54) is 38.2 Å². The van der Waals surface area contributed by atoms with Crippen LogP contribution in [0.5, 0.6) is 0 Å². The van der Waals surface area contributed by atoms with E-state index in [2.05, 4.69) is 11.8 Å². The van der Waals surface area contributed by atoms with Crippen molar-refractivity contribution in [3.8, 4) is 0 Å². The first-order valence-corrected chi connectivity index (χ1v) is 14.3. The fourth-order valence-electron chi connectivity index (χ4n) is 5.12. The number of rotatable bonds is 15. The topological polar surface area (TPSA) is 46.6 Å². The lowest BCUT2D eigenvalue weighted by Gasteiger charge is -2.41. The maximum atomic E-state index is 13.9. The summed E-state index contributed by atoms with van der Waals surface area (Å²) in [5.74, 6) is -0.756. The first-order chi connectivity index (χ1) is 17.9. The molecule has 0 radical (unpaired) electrons. The van der Waals surface area contributed by atoms with Crippen LogP contribution in [0.4, 0.5) is 4.39 Å². The highest BCUT2D eigenvalue weighted by atomic mass is 35.5. The molecule has 1 aliphatic heterocycles. The molecule has 0 amide bonds. The quantitative estimate of drug-likeness (QED) is 0.123. The minimum Gasteiger partial charge on any atom is -0.454 e. The molecule has 0 N–H and O–H groups in total. The van der Waals surface area contributed by atoms with Crippen molar-refractivity contribution >= 4 is 35.8 Å². The normalized spacial score (nSPS) is 15.0. The maximum Gasteiger partial charge on any atom is 0.306 e. The molecule has 210 valence electrons. The summed E-state index contributed by atoms with van der Waals surface area (Å²) >= 11 is 6.12. The van der Waals surface area contributed by atoms with Crippen LogP contribution in [0.2, 0.25) is 5.02 Å². The Labute approximate surface area is 238 Å². The van der Waals surface area contributed by atoms with Gasteiger partial charge < -0.3 is 9.64 Å². The van der Waals surface area contributed by atoms with Crippen LogP contribution in [0.25, 0.3) is 0 Å². The zero-order chi connectivity index (χ0) is 26.5. The number of carbonyl (C=O) groups excluding carboxylic acids is 2. The van der Waals surface area contributed by atoms with Crippen molar-refractivity contribution in [1.82, 2.24) is 4.90 Å². The molecule has 4 nitrogen and oxygen atoms in total. The maximum absolute atomic E-state index is 13.9. The lowest BCUT2D eigenvalue weighted by atomic mass is 9.84. The standard InChI is InChI=1S/C31H41ClFNO3.ClH/c1-2-3-4-5-6-7-8-15-30(36)37-31(25-16-18-26(32)19-17-25)20-23-34(24-21-31)22-11-14-29(35)27-12-9-10-13-28(27)33;/h9-10,12-13,16-19H,2-8,11,14-15,20-24H2,1H3;1H. The van der Waals surface area contributed by atoms with Gasteiger partial charge in [-0.1, -0.05) is 81.3 Å². The molecule has 1 saturated heterocycles. The Kier molecular flexibility index (Phi) is 14.3. The summed E-state index contributed by atoms with van der Waals surface area (Å²) in [5.41, 5.74) is 0.498. The lowest BCUT2D eigenvalue weighted by Crippen LogP contribution is -2.45. The molecule has 0 saturated carbocycles. The smallest absolute Gasteiger partial charge is 0.306 e. The Hall–Kier alpha value is -1.95. The predicted octanol–water partition coefficient (Wildman–Crippen LogP) is 8.54. The number of ketones is 1. The molecule has 1 fully saturated rings. The summed E-state index contributed by atoms with van der Waals surface area (Å²) in [6.45, 7) is 4.50. The van der Waals surface area contributed by atoms with Gasteiger partial charge in [0.2, 0.25) is 0 Å². The van der Waals surface area contributed by atoms with Crippen LogP contribution < -0.4 is 0 Å². The summed E-state index contributed by atoms with van der Waals surface area (Å²) in [7, 11) is 0. The number of Topliss-reactive ketones (excluding diaryl/α,β-unsaturated/α-hetero) is 1. The number of esters is 1. The van der Waals surface area contributed by atoms with Crippen molar-refractivity contribution in [2.24, 2.45) is 0 Å². The fourth-order valence-corrected chi connectivity index (χ4v) is 5.25. The van der Waals surface area contributed by atoms with E-state index >= 15 is 0 Å². The molecule has 0 bridgehead atoms. The van der Waals surface area contributed by atoms with Gasteiger partial charge in [-0.25, -0.2) is 4.39 Å². The number of piperidine rings is 1. The van der Waals surface area contributed by atoms with Crippen molar-refractivity contribution < 1.29 is 18.7 Å².